The summed E-state index contributed by atoms with van der Waals surface area (Å²) in [6.07, 6.45) is 0. The number of nitrogens with zero attached hydrogens (tertiary/aromatic N) is 3. The van der Waals surface area contributed by atoms with Crippen LogP contribution in [0.3, 0.4) is 0 Å². The zero-order valence-corrected chi connectivity index (χ0v) is 6.39. The Labute approximate surface area is 73.6 Å². The Kier molecular flexibility index (Phi) is 2.23. The van der Waals surface area contributed by atoms with E-state index in [0.29, 0.717) is 0 Å². The molecule has 0 atom stereocenters. The first-order valence-corrected chi connectivity index (χ1v) is 3.27. The van der Waals surface area contributed by atoms with E-state index in [1.807, 2.05) is 0 Å². The minimum atomic E-state index is -0.653. The molecule has 13 heavy (non-hydrogen) atoms. The van der Waals surface area contributed by atoms with Gasteiger partial charge in [-0.05, 0) is 12.1 Å². The van der Waals surface area contributed by atoms with Crippen LogP contribution >= 0.6 is 0 Å². The fourth-order valence-electron chi connectivity index (χ4n) is 0.854. The Morgan fingerprint density at radius 2 is 2.00 bits per heavy atom. The Balaban J connectivity index is 3.36. The molecule has 0 aliphatic rings. The summed E-state index contributed by atoms with van der Waals surface area (Å²) in [6, 6.07) is 7.10. The maximum Gasteiger partial charge on any atom is 0.287 e. The summed E-state index contributed by atoms with van der Waals surface area (Å²) >= 11 is 0. The van der Waals surface area contributed by atoms with Gasteiger partial charge in [0.05, 0.1) is 16.6 Å². The topological polar surface area (TPSA) is 90.7 Å². The van der Waals surface area contributed by atoms with Crippen molar-refractivity contribution in [1.82, 2.24) is 0 Å². The minimum absolute atomic E-state index is 0.0935. The molecule has 0 saturated heterocycles. The van der Waals surface area contributed by atoms with Crippen molar-refractivity contribution in [2.45, 2.75) is 0 Å². The number of nitriles is 2. The molecule has 0 N–H and O–H groups in total. The highest BCUT2D eigenvalue weighted by Crippen LogP contribution is 2.18. The van der Waals surface area contributed by atoms with E-state index in [0.717, 1.165) is 6.07 Å². The van der Waals surface area contributed by atoms with E-state index in [2.05, 4.69) is 0 Å². The molecule has 62 valence electrons. The Morgan fingerprint density at radius 1 is 1.31 bits per heavy atom. The van der Waals surface area contributed by atoms with Crippen molar-refractivity contribution >= 4 is 5.69 Å². The van der Waals surface area contributed by atoms with Gasteiger partial charge in [0.25, 0.3) is 5.69 Å². The van der Waals surface area contributed by atoms with E-state index in [4.69, 9.17) is 10.5 Å². The molecule has 0 heterocycles. The highest BCUT2D eigenvalue weighted by Gasteiger charge is 2.12. The second-order valence-electron chi connectivity index (χ2n) is 2.21. The average molecular weight is 173 g/mol. The second kappa shape index (κ2) is 3.33. The fourth-order valence-corrected chi connectivity index (χ4v) is 0.854. The summed E-state index contributed by atoms with van der Waals surface area (Å²) in [7, 11) is 0. The van der Waals surface area contributed by atoms with Gasteiger partial charge in [-0.25, -0.2) is 0 Å². The van der Waals surface area contributed by atoms with E-state index < -0.39 is 4.92 Å². The molecule has 0 spiro atoms. The van der Waals surface area contributed by atoms with E-state index in [1.165, 1.54) is 12.1 Å². The molecule has 0 radical (unpaired) electrons. The molecule has 0 aromatic heterocycles. The summed E-state index contributed by atoms with van der Waals surface area (Å²) < 4.78 is 0. The van der Waals surface area contributed by atoms with E-state index >= 15 is 0 Å². The third-order valence-corrected chi connectivity index (χ3v) is 1.44. The van der Waals surface area contributed by atoms with Crippen LogP contribution in [0.2, 0.25) is 0 Å². The first kappa shape index (κ1) is 8.69. The molecule has 0 amide bonds. The molecule has 0 bridgehead atoms. The molecule has 1 aromatic carbocycles. The lowest BCUT2D eigenvalue weighted by atomic mass is 10.1. The maximum atomic E-state index is 10.4. The molecular formula is C8H3N3O2. The van der Waals surface area contributed by atoms with Crippen molar-refractivity contribution < 1.29 is 4.92 Å². The summed E-state index contributed by atoms with van der Waals surface area (Å²) in [6.45, 7) is 0. The van der Waals surface area contributed by atoms with Crippen molar-refractivity contribution in [3.8, 4) is 12.1 Å². The van der Waals surface area contributed by atoms with Crippen molar-refractivity contribution in [2.24, 2.45) is 0 Å². The SMILES string of the molecule is N#Cc1ccc([N+](=O)[O-])c(C#N)c1. The quantitative estimate of drug-likeness (QED) is 0.473. The van der Waals surface area contributed by atoms with Crippen LogP contribution in [0.1, 0.15) is 11.1 Å². The summed E-state index contributed by atoms with van der Waals surface area (Å²) in [5, 5.41) is 27.3. The van der Waals surface area contributed by atoms with Crippen LogP contribution in [0.15, 0.2) is 18.2 Å². The van der Waals surface area contributed by atoms with Gasteiger partial charge >= 0.3 is 0 Å². The minimum Gasteiger partial charge on any atom is -0.258 e. The monoisotopic (exact) mass is 173 g/mol. The van der Waals surface area contributed by atoms with Gasteiger partial charge in [0, 0.05) is 6.07 Å². The highest BCUT2D eigenvalue weighted by molar-refractivity contribution is 5.52. The Bertz CT molecular complexity index is 440. The summed E-state index contributed by atoms with van der Waals surface area (Å²) in [5.41, 5.74) is -0.132. The van der Waals surface area contributed by atoms with Gasteiger partial charge < -0.3 is 0 Å². The molecule has 0 saturated carbocycles. The van der Waals surface area contributed by atoms with Crippen LogP contribution in [-0.4, -0.2) is 4.92 Å². The molecule has 1 rings (SSSR count). The van der Waals surface area contributed by atoms with Gasteiger partial charge in [-0.1, -0.05) is 0 Å². The number of nitro benzene ring substituents is 1. The van der Waals surface area contributed by atoms with Crippen LogP contribution in [-0.2, 0) is 0 Å². The van der Waals surface area contributed by atoms with Crippen LogP contribution in [0.25, 0.3) is 0 Å². The van der Waals surface area contributed by atoms with Gasteiger partial charge in [-0.2, -0.15) is 10.5 Å². The molecule has 5 heteroatoms. The number of nitro groups is 1. The Hall–Kier alpha value is -2.40. The third kappa shape index (κ3) is 1.60. The Morgan fingerprint density at radius 3 is 2.46 bits per heavy atom. The van der Waals surface area contributed by atoms with Gasteiger partial charge in [-0.3, -0.25) is 10.1 Å². The lowest BCUT2D eigenvalue weighted by molar-refractivity contribution is -0.385. The normalized spacial score (nSPS) is 8.46. The van der Waals surface area contributed by atoms with Crippen molar-refractivity contribution in [3.05, 3.63) is 39.4 Å². The number of benzene rings is 1. The average Bonchev–Trinajstić information content (AvgIpc) is 2.16. The molecule has 0 aliphatic heterocycles. The van der Waals surface area contributed by atoms with Gasteiger partial charge in [0.2, 0.25) is 0 Å². The second-order valence-corrected chi connectivity index (χ2v) is 2.21. The van der Waals surface area contributed by atoms with E-state index in [1.54, 1.807) is 12.1 Å². The molecule has 0 unspecified atom stereocenters. The van der Waals surface area contributed by atoms with Gasteiger partial charge in [0.1, 0.15) is 11.6 Å². The first-order chi connectivity index (χ1) is 6.19. The van der Waals surface area contributed by atoms with Crippen LogP contribution < -0.4 is 0 Å². The van der Waals surface area contributed by atoms with Crippen LogP contribution in [0.5, 0.6) is 0 Å². The van der Waals surface area contributed by atoms with Crippen LogP contribution in [0.4, 0.5) is 5.69 Å². The molecule has 0 fully saturated rings. The third-order valence-electron chi connectivity index (χ3n) is 1.44. The molecule has 0 aliphatic carbocycles. The smallest absolute Gasteiger partial charge is 0.258 e. The largest absolute Gasteiger partial charge is 0.287 e. The first-order valence-electron chi connectivity index (χ1n) is 3.27. The number of hydrogen-bond donors (Lipinski definition) is 0. The fraction of sp³-hybridized carbons (Fsp3) is 0. The molecule has 5 nitrogen and oxygen atoms in total. The van der Waals surface area contributed by atoms with Crippen molar-refractivity contribution in [3.63, 3.8) is 0 Å². The standard InChI is InChI=1S/C8H3N3O2/c9-4-6-1-2-8(11(12)13)7(3-6)5-10/h1-3H. The van der Waals surface area contributed by atoms with E-state index in [-0.39, 0.29) is 16.8 Å². The maximum absolute atomic E-state index is 10.4. The molecule has 1 aromatic rings. The predicted octanol–water partition coefficient (Wildman–Crippen LogP) is 1.34. The van der Waals surface area contributed by atoms with Crippen molar-refractivity contribution in [2.75, 3.05) is 0 Å². The lowest BCUT2D eigenvalue weighted by Gasteiger charge is -1.93. The summed E-state index contributed by atoms with van der Waals surface area (Å²) in [5.74, 6) is 0. The van der Waals surface area contributed by atoms with Crippen LogP contribution in [0, 0.1) is 32.8 Å². The lowest BCUT2D eigenvalue weighted by Crippen LogP contribution is -1.92. The predicted molar refractivity (Wildman–Crippen MR) is 42.5 cm³/mol. The van der Waals surface area contributed by atoms with Gasteiger partial charge in [-0.15, -0.1) is 0 Å². The number of rotatable bonds is 1. The highest BCUT2D eigenvalue weighted by atomic mass is 16.6. The molecular weight excluding hydrogens is 170 g/mol. The summed E-state index contributed by atoms with van der Waals surface area (Å²) in [4.78, 5) is 9.70. The van der Waals surface area contributed by atoms with E-state index in [9.17, 15) is 10.1 Å². The van der Waals surface area contributed by atoms with Gasteiger partial charge in [0.15, 0.2) is 0 Å². The number of hydrogen-bond acceptors (Lipinski definition) is 4. The zero-order valence-electron chi connectivity index (χ0n) is 6.39. The zero-order chi connectivity index (χ0) is 9.84. The van der Waals surface area contributed by atoms with Crippen molar-refractivity contribution in [1.29, 1.82) is 10.5 Å².